The number of nitrogens with zero attached hydrogens (tertiary/aromatic N) is 2. The smallest absolute Gasteiger partial charge is 0.197 e. The van der Waals surface area contributed by atoms with Crippen LogP contribution in [0.15, 0.2) is 23.3 Å². The molecule has 0 atom stereocenters. The fourth-order valence-corrected chi connectivity index (χ4v) is 2.31. The third-order valence-electron chi connectivity index (χ3n) is 3.15. The Morgan fingerprint density at radius 3 is 2.27 bits per heavy atom. The molecule has 0 spiro atoms. The van der Waals surface area contributed by atoms with Crippen LogP contribution in [-0.4, -0.2) is 5.78 Å². The topological polar surface area (TPSA) is 64.7 Å². The molecule has 1 aliphatic carbocycles. The van der Waals surface area contributed by atoms with Gasteiger partial charge in [-0.3, -0.25) is 4.79 Å². The Morgan fingerprint density at radius 2 is 1.77 bits per heavy atom. The molecule has 1 aromatic rings. The van der Waals surface area contributed by atoms with Crippen LogP contribution < -0.4 is 0 Å². The summed E-state index contributed by atoms with van der Waals surface area (Å²) in [6, 6.07) is 3.83. The number of benzene rings is 1. The Bertz CT molecular complexity index is 820. The number of carbonyl (C=O) groups excluding carboxylic acids is 1. The van der Waals surface area contributed by atoms with E-state index >= 15 is 0 Å². The van der Waals surface area contributed by atoms with Gasteiger partial charge in [0.2, 0.25) is 0 Å². The number of ketones is 1. The molecule has 0 fully saturated rings. The monoisotopic (exact) mass is 302 g/mol. The highest BCUT2D eigenvalue weighted by molar-refractivity contribution is 6.27. The zero-order chi connectivity index (χ0) is 16.6. The Labute approximate surface area is 124 Å². The van der Waals surface area contributed by atoms with Gasteiger partial charge in [0, 0.05) is 16.7 Å². The summed E-state index contributed by atoms with van der Waals surface area (Å²) in [6.45, 7) is 3.47. The highest BCUT2D eigenvalue weighted by atomic mass is 19.2. The third-order valence-corrected chi connectivity index (χ3v) is 3.15. The number of halogens is 3. The van der Waals surface area contributed by atoms with Gasteiger partial charge in [-0.25, -0.2) is 13.2 Å². The van der Waals surface area contributed by atoms with Crippen molar-refractivity contribution in [3.63, 3.8) is 0 Å². The van der Waals surface area contributed by atoms with Crippen molar-refractivity contribution in [1.82, 2.24) is 0 Å². The molecule has 1 aliphatic rings. The average molecular weight is 302 g/mol. The zero-order valence-electron chi connectivity index (χ0n) is 11.7. The van der Waals surface area contributed by atoms with E-state index in [9.17, 15) is 18.0 Å². The molecule has 3 nitrogen and oxygen atoms in total. The van der Waals surface area contributed by atoms with Crippen LogP contribution in [0.1, 0.15) is 29.8 Å². The van der Waals surface area contributed by atoms with E-state index in [1.807, 2.05) is 0 Å². The van der Waals surface area contributed by atoms with E-state index in [0.717, 1.165) is 0 Å². The van der Waals surface area contributed by atoms with Gasteiger partial charge in [0.05, 0.1) is 5.56 Å². The van der Waals surface area contributed by atoms with E-state index in [4.69, 9.17) is 10.5 Å². The van der Waals surface area contributed by atoms with Crippen LogP contribution in [0, 0.1) is 46.0 Å². The van der Waals surface area contributed by atoms with Crippen LogP contribution in [0.2, 0.25) is 0 Å². The summed E-state index contributed by atoms with van der Waals surface area (Å²) < 4.78 is 40.8. The summed E-state index contributed by atoms with van der Waals surface area (Å²) in [5.41, 5.74) is -1.62. The summed E-state index contributed by atoms with van der Waals surface area (Å²) in [7, 11) is 0. The number of Topliss-reactive ketones (excluding diaryl/α,β-unsaturated/α-hetero) is 1. The maximum atomic E-state index is 13.9. The summed E-state index contributed by atoms with van der Waals surface area (Å²) in [4.78, 5) is 12.3. The van der Waals surface area contributed by atoms with Gasteiger partial charge >= 0.3 is 0 Å². The SMILES string of the molecule is CC(C)/C=C1/C(=O)c2c(cc(F)c(F)c2F)C1=C(C#N)C#N. The van der Waals surface area contributed by atoms with Crippen molar-refractivity contribution in [2.24, 2.45) is 5.92 Å². The van der Waals surface area contributed by atoms with E-state index in [1.165, 1.54) is 6.08 Å². The summed E-state index contributed by atoms with van der Waals surface area (Å²) >= 11 is 0. The molecule has 0 N–H and O–H groups in total. The Balaban J connectivity index is 2.96. The molecule has 0 saturated carbocycles. The van der Waals surface area contributed by atoms with E-state index in [-0.39, 0.29) is 22.6 Å². The molecule has 110 valence electrons. The van der Waals surface area contributed by atoms with Gasteiger partial charge in [-0.05, 0) is 12.0 Å². The first-order valence-corrected chi connectivity index (χ1v) is 6.32. The first kappa shape index (κ1) is 15.5. The van der Waals surface area contributed by atoms with Gasteiger partial charge in [-0.2, -0.15) is 10.5 Å². The number of hydrogen-bond acceptors (Lipinski definition) is 3. The molecule has 0 aromatic heterocycles. The van der Waals surface area contributed by atoms with Gasteiger partial charge in [0.25, 0.3) is 0 Å². The fraction of sp³-hybridized carbons (Fsp3) is 0.188. The van der Waals surface area contributed by atoms with E-state index < -0.39 is 34.4 Å². The highest BCUT2D eigenvalue weighted by Crippen LogP contribution is 2.41. The van der Waals surface area contributed by atoms with Gasteiger partial charge in [0.15, 0.2) is 23.2 Å². The molecule has 0 heterocycles. The lowest BCUT2D eigenvalue weighted by Crippen LogP contribution is -2.03. The van der Waals surface area contributed by atoms with Crippen LogP contribution in [0.3, 0.4) is 0 Å². The molecule has 1 aromatic carbocycles. The second-order valence-electron chi connectivity index (χ2n) is 5.04. The van der Waals surface area contributed by atoms with Gasteiger partial charge in [-0.15, -0.1) is 0 Å². The average Bonchev–Trinajstić information content (AvgIpc) is 2.71. The van der Waals surface area contributed by atoms with E-state index in [1.54, 1.807) is 26.0 Å². The van der Waals surface area contributed by atoms with Crippen molar-refractivity contribution < 1.29 is 18.0 Å². The molecule has 0 unspecified atom stereocenters. The van der Waals surface area contributed by atoms with Crippen molar-refractivity contribution in [3.05, 3.63) is 51.9 Å². The van der Waals surface area contributed by atoms with Crippen LogP contribution >= 0.6 is 0 Å². The molecule has 0 radical (unpaired) electrons. The number of allylic oxidation sites excluding steroid dienone is 4. The van der Waals surface area contributed by atoms with E-state index in [2.05, 4.69) is 0 Å². The molecule has 0 amide bonds. The minimum absolute atomic E-state index is 0.0907. The molecule has 0 aliphatic heterocycles. The van der Waals surface area contributed by atoms with Crippen molar-refractivity contribution >= 4 is 11.4 Å². The van der Waals surface area contributed by atoms with Crippen molar-refractivity contribution in [2.75, 3.05) is 0 Å². The number of rotatable bonds is 1. The standard InChI is InChI=1S/C16H9F3N2O/c1-7(2)3-10-12(8(5-20)6-21)9-4-11(17)14(18)15(19)13(9)16(10)22/h3-4,7H,1-2H3/b10-3+. The first-order chi connectivity index (χ1) is 10.3. The number of fused-ring (bicyclic) bond motifs is 1. The lowest BCUT2D eigenvalue weighted by atomic mass is 9.97. The van der Waals surface area contributed by atoms with Crippen LogP contribution in [0.5, 0.6) is 0 Å². The van der Waals surface area contributed by atoms with E-state index in [0.29, 0.717) is 6.07 Å². The lowest BCUT2D eigenvalue weighted by molar-refractivity contribution is 0.103. The minimum atomic E-state index is -1.76. The normalized spacial score (nSPS) is 15.0. The molecule has 2 rings (SSSR count). The molecule has 6 heteroatoms. The summed E-state index contributed by atoms with van der Waals surface area (Å²) in [5, 5.41) is 18.0. The van der Waals surface area contributed by atoms with Crippen molar-refractivity contribution in [1.29, 1.82) is 10.5 Å². The fourth-order valence-electron chi connectivity index (χ4n) is 2.31. The Hall–Kier alpha value is -2.86. The predicted molar refractivity (Wildman–Crippen MR) is 71.7 cm³/mol. The molecular formula is C16H9F3N2O. The van der Waals surface area contributed by atoms with Gasteiger partial charge in [-0.1, -0.05) is 19.9 Å². The molecule has 0 bridgehead atoms. The maximum Gasteiger partial charge on any atom is 0.197 e. The summed E-state index contributed by atoms with van der Waals surface area (Å²) in [5.74, 6) is -5.87. The number of hydrogen-bond donors (Lipinski definition) is 0. The highest BCUT2D eigenvalue weighted by Gasteiger charge is 2.37. The number of carbonyl (C=O) groups is 1. The molecular weight excluding hydrogens is 293 g/mol. The second-order valence-corrected chi connectivity index (χ2v) is 5.04. The Kier molecular flexibility index (Phi) is 3.88. The van der Waals surface area contributed by atoms with Crippen molar-refractivity contribution in [3.8, 4) is 12.1 Å². The third kappa shape index (κ3) is 2.19. The predicted octanol–water partition coefficient (Wildman–Crippen LogP) is 3.68. The quantitative estimate of drug-likeness (QED) is 0.451. The van der Waals surface area contributed by atoms with Crippen LogP contribution in [-0.2, 0) is 0 Å². The maximum absolute atomic E-state index is 13.9. The van der Waals surface area contributed by atoms with Crippen LogP contribution in [0.4, 0.5) is 13.2 Å². The zero-order valence-corrected chi connectivity index (χ0v) is 11.7. The Morgan fingerprint density at radius 1 is 1.18 bits per heavy atom. The van der Waals surface area contributed by atoms with Crippen molar-refractivity contribution in [2.45, 2.75) is 13.8 Å². The minimum Gasteiger partial charge on any atom is -0.288 e. The largest absolute Gasteiger partial charge is 0.288 e. The lowest BCUT2D eigenvalue weighted by Gasteiger charge is -2.04. The number of nitriles is 2. The molecule has 0 saturated heterocycles. The summed E-state index contributed by atoms with van der Waals surface area (Å²) in [6.07, 6.45) is 1.43. The second kappa shape index (κ2) is 5.50. The molecule has 22 heavy (non-hydrogen) atoms. The van der Waals surface area contributed by atoms with Gasteiger partial charge in [0.1, 0.15) is 17.7 Å². The van der Waals surface area contributed by atoms with Gasteiger partial charge < -0.3 is 0 Å². The first-order valence-electron chi connectivity index (χ1n) is 6.32. The van der Waals surface area contributed by atoms with Crippen LogP contribution in [0.25, 0.3) is 5.57 Å².